The van der Waals surface area contributed by atoms with E-state index in [9.17, 15) is 14.9 Å². The number of ether oxygens (including phenoxy) is 2. The zero-order valence-electron chi connectivity index (χ0n) is 14.5. The van der Waals surface area contributed by atoms with E-state index in [2.05, 4.69) is 6.58 Å². The molecule has 0 unspecified atom stereocenters. The van der Waals surface area contributed by atoms with Gasteiger partial charge in [0.05, 0.1) is 7.11 Å². The van der Waals surface area contributed by atoms with Gasteiger partial charge in [-0.25, -0.2) is 9.59 Å². The molecule has 2 aromatic carbocycles. The molecule has 5 nitrogen and oxygen atoms in total. The van der Waals surface area contributed by atoms with Gasteiger partial charge in [0, 0.05) is 17.2 Å². The lowest BCUT2D eigenvalue weighted by Gasteiger charge is -2.16. The van der Waals surface area contributed by atoms with E-state index in [1.54, 1.807) is 49.4 Å². The normalized spacial score (nSPS) is 11.0. The van der Waals surface area contributed by atoms with Crippen molar-refractivity contribution in [3.8, 4) is 11.8 Å². The molecule has 0 aliphatic rings. The molecule has 0 fully saturated rings. The van der Waals surface area contributed by atoms with Crippen molar-refractivity contribution in [2.45, 2.75) is 6.92 Å². The van der Waals surface area contributed by atoms with Crippen LogP contribution in [-0.2, 0) is 14.3 Å². The van der Waals surface area contributed by atoms with Crippen LogP contribution in [0.3, 0.4) is 0 Å². The van der Waals surface area contributed by atoms with Crippen molar-refractivity contribution >= 4 is 17.5 Å². The smallest absolute Gasteiger partial charge is 0.349 e. The van der Waals surface area contributed by atoms with Gasteiger partial charge in [-0.2, -0.15) is 5.26 Å². The quantitative estimate of drug-likeness (QED) is 0.358. The number of para-hydroxylation sites is 1. The maximum absolute atomic E-state index is 12.2. The highest BCUT2D eigenvalue weighted by Crippen LogP contribution is 2.36. The molecule has 0 saturated heterocycles. The zero-order chi connectivity index (χ0) is 19.1. The largest absolute Gasteiger partial charge is 0.465 e. The minimum atomic E-state index is -0.770. The first-order chi connectivity index (χ1) is 12.5. The van der Waals surface area contributed by atoms with Crippen LogP contribution in [0.5, 0.6) is 5.75 Å². The lowest BCUT2D eigenvalue weighted by atomic mass is 9.91. The molecule has 0 radical (unpaired) electrons. The highest BCUT2D eigenvalue weighted by molar-refractivity contribution is 6.06. The van der Waals surface area contributed by atoms with Gasteiger partial charge in [-0.3, -0.25) is 0 Å². The van der Waals surface area contributed by atoms with Crippen LogP contribution in [0.2, 0.25) is 0 Å². The van der Waals surface area contributed by atoms with E-state index < -0.39 is 11.9 Å². The van der Waals surface area contributed by atoms with Crippen LogP contribution >= 0.6 is 0 Å². The lowest BCUT2D eigenvalue weighted by Crippen LogP contribution is -2.10. The Labute approximate surface area is 151 Å². The van der Waals surface area contributed by atoms with Crippen LogP contribution in [0.4, 0.5) is 0 Å². The molecule has 5 heteroatoms. The highest BCUT2D eigenvalue weighted by Gasteiger charge is 2.23. The second-order valence-corrected chi connectivity index (χ2v) is 5.30. The number of aryl methyl sites for hydroxylation is 1. The van der Waals surface area contributed by atoms with Crippen LogP contribution in [0.25, 0.3) is 5.57 Å². The molecule has 0 amide bonds. The predicted molar refractivity (Wildman–Crippen MR) is 97.1 cm³/mol. The first-order valence-electron chi connectivity index (χ1n) is 7.75. The molecule has 0 atom stereocenters. The second-order valence-electron chi connectivity index (χ2n) is 5.30. The third-order valence-corrected chi connectivity index (χ3v) is 3.66. The summed E-state index contributed by atoms with van der Waals surface area (Å²) >= 11 is 0. The Morgan fingerprint density at radius 2 is 1.81 bits per heavy atom. The first kappa shape index (κ1) is 18.7. The van der Waals surface area contributed by atoms with Crippen LogP contribution in [0, 0.1) is 18.3 Å². The van der Waals surface area contributed by atoms with E-state index in [-0.39, 0.29) is 11.3 Å². The molecule has 0 aliphatic heterocycles. The van der Waals surface area contributed by atoms with Crippen LogP contribution in [0.15, 0.2) is 66.8 Å². The van der Waals surface area contributed by atoms with Crippen LogP contribution in [0.1, 0.15) is 16.7 Å². The minimum Gasteiger partial charge on any atom is -0.465 e. The number of benzene rings is 2. The Bertz CT molecular complexity index is 921. The first-order valence-corrected chi connectivity index (χ1v) is 7.75. The predicted octanol–water partition coefficient (Wildman–Crippen LogP) is 3.58. The topological polar surface area (TPSA) is 76.4 Å². The van der Waals surface area contributed by atoms with E-state index in [1.165, 1.54) is 7.11 Å². The van der Waals surface area contributed by atoms with Crippen molar-refractivity contribution in [1.82, 2.24) is 0 Å². The fraction of sp³-hybridized carbons (Fsp3) is 0.0952. The zero-order valence-corrected chi connectivity index (χ0v) is 14.5. The molecule has 2 aromatic rings. The Morgan fingerprint density at radius 1 is 1.12 bits per heavy atom. The molecule has 26 heavy (non-hydrogen) atoms. The molecule has 0 N–H and O–H groups in total. The number of rotatable bonds is 5. The van der Waals surface area contributed by atoms with Gasteiger partial charge in [0.25, 0.3) is 0 Å². The summed E-state index contributed by atoms with van der Waals surface area (Å²) in [4.78, 5) is 23.9. The van der Waals surface area contributed by atoms with Crippen molar-refractivity contribution in [2.75, 3.05) is 7.11 Å². The number of carbonyl (C=O) groups is 2. The van der Waals surface area contributed by atoms with Gasteiger partial charge in [0.2, 0.25) is 0 Å². The number of nitriles is 1. The van der Waals surface area contributed by atoms with Crippen molar-refractivity contribution in [3.63, 3.8) is 0 Å². The van der Waals surface area contributed by atoms with Crippen molar-refractivity contribution in [1.29, 1.82) is 5.26 Å². The van der Waals surface area contributed by atoms with Crippen molar-refractivity contribution < 1.29 is 19.1 Å². The highest BCUT2D eigenvalue weighted by atomic mass is 16.5. The van der Waals surface area contributed by atoms with Gasteiger partial charge >= 0.3 is 11.9 Å². The number of methoxy groups -OCH3 is 1. The maximum Gasteiger partial charge on any atom is 0.349 e. The second kappa shape index (κ2) is 8.45. The minimum absolute atomic E-state index is 0.180. The van der Waals surface area contributed by atoms with Gasteiger partial charge < -0.3 is 9.47 Å². The molecular formula is C21H17NO4. The molecule has 0 aromatic heterocycles. The Hall–Kier alpha value is -3.65. The molecule has 2 rings (SSSR count). The molecule has 130 valence electrons. The fourth-order valence-electron chi connectivity index (χ4n) is 2.47. The standard InChI is InChI=1S/C21H17NO4/c1-4-18(23)26-20-14(2)9-8-12-16(20)19(15-10-6-5-7-11-15)17(13-22)21(24)25-3/h4-12H,1H2,2-3H3. The summed E-state index contributed by atoms with van der Waals surface area (Å²) in [6.07, 6.45) is 1.05. The number of carbonyl (C=O) groups excluding carboxylic acids is 2. The van der Waals surface area contributed by atoms with Crippen LogP contribution in [-0.4, -0.2) is 19.0 Å². The number of nitrogens with zero attached hydrogens (tertiary/aromatic N) is 1. The molecule has 0 spiro atoms. The third kappa shape index (κ3) is 3.87. The van der Waals surface area contributed by atoms with E-state index in [0.29, 0.717) is 22.3 Å². The summed E-state index contributed by atoms with van der Waals surface area (Å²) in [5.41, 5.74) is 1.88. The third-order valence-electron chi connectivity index (χ3n) is 3.66. The van der Waals surface area contributed by atoms with E-state index >= 15 is 0 Å². The van der Waals surface area contributed by atoms with Gasteiger partial charge in [-0.15, -0.1) is 0 Å². The Balaban J connectivity index is 2.85. The lowest BCUT2D eigenvalue weighted by molar-refractivity contribution is -0.135. The molecular weight excluding hydrogens is 330 g/mol. The van der Waals surface area contributed by atoms with Gasteiger partial charge in [0.15, 0.2) is 0 Å². The summed E-state index contributed by atoms with van der Waals surface area (Å²) in [7, 11) is 1.21. The summed E-state index contributed by atoms with van der Waals surface area (Å²) in [5.74, 6) is -1.15. The van der Waals surface area contributed by atoms with Crippen molar-refractivity contribution in [2.24, 2.45) is 0 Å². The van der Waals surface area contributed by atoms with Gasteiger partial charge in [0.1, 0.15) is 17.4 Å². The molecule has 0 bridgehead atoms. The average molecular weight is 347 g/mol. The average Bonchev–Trinajstić information content (AvgIpc) is 2.67. The molecule has 0 aliphatic carbocycles. The molecule has 0 saturated carbocycles. The Kier molecular flexibility index (Phi) is 6.07. The number of esters is 2. The van der Waals surface area contributed by atoms with E-state index in [0.717, 1.165) is 6.08 Å². The summed E-state index contributed by atoms with van der Waals surface area (Å²) < 4.78 is 10.1. The van der Waals surface area contributed by atoms with Crippen molar-refractivity contribution in [3.05, 3.63) is 83.4 Å². The van der Waals surface area contributed by atoms with E-state index in [4.69, 9.17) is 9.47 Å². The maximum atomic E-state index is 12.2. The number of hydrogen-bond donors (Lipinski definition) is 0. The summed E-state index contributed by atoms with van der Waals surface area (Å²) in [5, 5.41) is 9.58. The monoisotopic (exact) mass is 347 g/mol. The van der Waals surface area contributed by atoms with E-state index in [1.807, 2.05) is 12.1 Å². The SMILES string of the molecule is C=CC(=O)Oc1c(C)cccc1C(=C(C#N)C(=O)OC)c1ccccc1. The van der Waals surface area contributed by atoms with Gasteiger partial charge in [-0.05, 0) is 18.1 Å². The summed E-state index contributed by atoms with van der Waals surface area (Å²) in [6.45, 7) is 5.16. The molecule has 0 heterocycles. The van der Waals surface area contributed by atoms with Crippen LogP contribution < -0.4 is 4.74 Å². The number of hydrogen-bond acceptors (Lipinski definition) is 5. The Morgan fingerprint density at radius 3 is 2.38 bits per heavy atom. The fourth-order valence-corrected chi connectivity index (χ4v) is 2.47. The van der Waals surface area contributed by atoms with Gasteiger partial charge in [-0.1, -0.05) is 55.1 Å². The summed E-state index contributed by atoms with van der Waals surface area (Å²) in [6, 6.07) is 16.0.